The molecule has 1 amide bonds. The van der Waals surface area contributed by atoms with Gasteiger partial charge in [0.25, 0.3) is 5.91 Å². The first-order valence-corrected chi connectivity index (χ1v) is 10.0. The minimum Gasteiger partial charge on any atom is -0.352 e. The molecule has 0 atom stereocenters. The van der Waals surface area contributed by atoms with Crippen molar-refractivity contribution in [2.75, 3.05) is 20.6 Å². The summed E-state index contributed by atoms with van der Waals surface area (Å²) in [5.74, 6) is 0.790. The number of hydrogen-bond acceptors (Lipinski definition) is 3. The van der Waals surface area contributed by atoms with Crippen molar-refractivity contribution in [3.63, 3.8) is 0 Å². The molecule has 154 valence electrons. The number of amides is 1. The monoisotopic (exact) mass is 514 g/mol. The van der Waals surface area contributed by atoms with Crippen LogP contribution in [0.15, 0.2) is 46.8 Å². The van der Waals surface area contributed by atoms with Crippen molar-refractivity contribution in [2.45, 2.75) is 39.3 Å². The zero-order valence-corrected chi connectivity index (χ0v) is 20.4. The molecule has 0 aliphatic rings. The van der Waals surface area contributed by atoms with Gasteiger partial charge in [0.1, 0.15) is 0 Å². The SMILES string of the molecule is CN=C(NCc1cccc(C(=O)NC(C)(C)C)c1)N(C)CCc1cccs1.I. The maximum absolute atomic E-state index is 12.4. The highest BCUT2D eigenvalue weighted by Crippen LogP contribution is 2.10. The minimum atomic E-state index is -0.251. The molecule has 0 spiro atoms. The number of hydrogen-bond donors (Lipinski definition) is 2. The van der Waals surface area contributed by atoms with Crippen LogP contribution in [0.1, 0.15) is 41.6 Å². The summed E-state index contributed by atoms with van der Waals surface area (Å²) in [4.78, 5) is 20.2. The molecule has 2 rings (SSSR count). The fourth-order valence-electron chi connectivity index (χ4n) is 2.64. The van der Waals surface area contributed by atoms with Gasteiger partial charge in [0.15, 0.2) is 5.96 Å². The number of carbonyl (C=O) groups excluding carboxylic acids is 1. The van der Waals surface area contributed by atoms with Crippen molar-refractivity contribution in [1.29, 1.82) is 0 Å². The fourth-order valence-corrected chi connectivity index (χ4v) is 3.34. The van der Waals surface area contributed by atoms with E-state index in [4.69, 9.17) is 0 Å². The lowest BCUT2D eigenvalue weighted by molar-refractivity contribution is 0.0919. The third-order valence-corrected chi connectivity index (χ3v) is 4.91. The number of nitrogens with zero attached hydrogens (tertiary/aromatic N) is 2. The molecule has 0 radical (unpaired) electrons. The van der Waals surface area contributed by atoms with Gasteiger partial charge in [-0.05, 0) is 56.3 Å². The van der Waals surface area contributed by atoms with Crippen LogP contribution >= 0.6 is 35.3 Å². The van der Waals surface area contributed by atoms with Crippen LogP contribution < -0.4 is 10.6 Å². The maximum Gasteiger partial charge on any atom is 0.251 e. The molecule has 2 N–H and O–H groups in total. The summed E-state index contributed by atoms with van der Waals surface area (Å²) < 4.78 is 0. The Hall–Kier alpha value is -1.61. The Balaban J connectivity index is 0.00000392. The average molecular weight is 514 g/mol. The normalized spacial score (nSPS) is 11.5. The predicted molar refractivity (Wildman–Crippen MR) is 130 cm³/mol. The van der Waals surface area contributed by atoms with Crippen molar-refractivity contribution in [2.24, 2.45) is 4.99 Å². The number of nitrogens with one attached hydrogen (secondary N) is 2. The van der Waals surface area contributed by atoms with Crippen LogP contribution in [0, 0.1) is 0 Å². The van der Waals surface area contributed by atoms with Gasteiger partial charge in [0.2, 0.25) is 0 Å². The van der Waals surface area contributed by atoms with Gasteiger partial charge < -0.3 is 15.5 Å². The summed E-state index contributed by atoms with van der Waals surface area (Å²) in [6, 6.07) is 11.9. The number of likely N-dealkylation sites (N-methyl/N-ethyl adjacent to an activating group) is 1. The Morgan fingerprint density at radius 1 is 1.21 bits per heavy atom. The first kappa shape index (κ1) is 24.4. The van der Waals surface area contributed by atoms with E-state index in [1.807, 2.05) is 52.1 Å². The van der Waals surface area contributed by atoms with E-state index in [1.54, 1.807) is 18.4 Å². The van der Waals surface area contributed by atoms with Gasteiger partial charge in [-0.15, -0.1) is 35.3 Å². The number of halogens is 1. The van der Waals surface area contributed by atoms with Gasteiger partial charge in [-0.1, -0.05) is 18.2 Å². The third kappa shape index (κ3) is 8.18. The predicted octanol–water partition coefficient (Wildman–Crippen LogP) is 4.14. The van der Waals surface area contributed by atoms with E-state index < -0.39 is 0 Å². The zero-order valence-electron chi connectivity index (χ0n) is 17.3. The Kier molecular flexibility index (Phi) is 9.95. The van der Waals surface area contributed by atoms with Crippen LogP contribution in [0.2, 0.25) is 0 Å². The van der Waals surface area contributed by atoms with Crippen LogP contribution in [-0.2, 0) is 13.0 Å². The van der Waals surface area contributed by atoms with E-state index in [9.17, 15) is 4.79 Å². The topological polar surface area (TPSA) is 56.7 Å². The van der Waals surface area contributed by atoms with Crippen molar-refractivity contribution < 1.29 is 4.79 Å². The van der Waals surface area contributed by atoms with Crippen LogP contribution in [0.3, 0.4) is 0 Å². The number of aliphatic imine (C=N–C) groups is 1. The molecule has 0 aliphatic heterocycles. The lowest BCUT2D eigenvalue weighted by atomic mass is 10.1. The zero-order chi connectivity index (χ0) is 19.9. The Morgan fingerprint density at radius 3 is 2.57 bits per heavy atom. The Bertz CT molecular complexity index is 769. The Labute approximate surface area is 189 Å². The van der Waals surface area contributed by atoms with E-state index in [-0.39, 0.29) is 35.4 Å². The summed E-state index contributed by atoms with van der Waals surface area (Å²) in [7, 11) is 3.83. The van der Waals surface area contributed by atoms with Gasteiger partial charge in [0.05, 0.1) is 0 Å². The molecule has 28 heavy (non-hydrogen) atoms. The second-order valence-electron chi connectivity index (χ2n) is 7.56. The summed E-state index contributed by atoms with van der Waals surface area (Å²) in [6.07, 6.45) is 0.997. The second-order valence-corrected chi connectivity index (χ2v) is 8.59. The molecular formula is C21H31IN4OS. The average Bonchev–Trinajstić information content (AvgIpc) is 3.13. The highest BCUT2D eigenvalue weighted by molar-refractivity contribution is 14.0. The van der Waals surface area contributed by atoms with E-state index in [2.05, 4.69) is 38.0 Å². The molecule has 5 nitrogen and oxygen atoms in total. The standard InChI is InChI=1S/C21H30N4OS.HI/c1-21(2,3)24-19(26)17-9-6-8-16(14-17)15-23-20(22-4)25(5)12-11-18-10-7-13-27-18;/h6-10,13-14H,11-12,15H2,1-5H3,(H,22,23)(H,24,26);1H. The molecule has 0 saturated carbocycles. The molecule has 0 saturated heterocycles. The van der Waals surface area contributed by atoms with Gasteiger partial charge >= 0.3 is 0 Å². The molecule has 0 fully saturated rings. The molecule has 0 unspecified atom stereocenters. The highest BCUT2D eigenvalue weighted by Gasteiger charge is 2.15. The van der Waals surface area contributed by atoms with Crippen LogP contribution in [-0.4, -0.2) is 42.9 Å². The van der Waals surface area contributed by atoms with Crippen LogP contribution in [0.4, 0.5) is 0 Å². The molecule has 0 aliphatic carbocycles. The Morgan fingerprint density at radius 2 is 1.96 bits per heavy atom. The number of thiophene rings is 1. The van der Waals surface area contributed by atoms with Gasteiger partial charge in [0, 0.05) is 43.2 Å². The highest BCUT2D eigenvalue weighted by atomic mass is 127. The quantitative estimate of drug-likeness (QED) is 0.346. The van der Waals surface area contributed by atoms with E-state index in [1.165, 1.54) is 4.88 Å². The summed E-state index contributed by atoms with van der Waals surface area (Å²) >= 11 is 1.78. The van der Waals surface area contributed by atoms with E-state index in [0.717, 1.165) is 24.5 Å². The number of carbonyl (C=O) groups is 1. The summed E-state index contributed by atoms with van der Waals surface area (Å²) in [6.45, 7) is 7.45. The van der Waals surface area contributed by atoms with E-state index >= 15 is 0 Å². The third-order valence-electron chi connectivity index (χ3n) is 3.98. The second kappa shape index (κ2) is 11.4. The number of benzene rings is 1. The van der Waals surface area contributed by atoms with Crippen LogP contribution in [0.5, 0.6) is 0 Å². The molecule has 1 heterocycles. The first-order valence-electron chi connectivity index (χ1n) is 9.14. The number of guanidine groups is 1. The molecule has 2 aromatic rings. The minimum absolute atomic E-state index is 0. The van der Waals surface area contributed by atoms with Gasteiger partial charge in [-0.25, -0.2) is 0 Å². The summed E-state index contributed by atoms with van der Waals surface area (Å²) in [5, 5.41) is 8.48. The molecule has 0 bridgehead atoms. The van der Waals surface area contributed by atoms with Gasteiger partial charge in [-0.2, -0.15) is 0 Å². The largest absolute Gasteiger partial charge is 0.352 e. The fraction of sp³-hybridized carbons (Fsp3) is 0.429. The van der Waals surface area contributed by atoms with Crippen molar-refractivity contribution in [1.82, 2.24) is 15.5 Å². The molecule has 1 aromatic heterocycles. The van der Waals surface area contributed by atoms with Crippen LogP contribution in [0.25, 0.3) is 0 Å². The smallest absolute Gasteiger partial charge is 0.251 e. The molecule has 1 aromatic carbocycles. The van der Waals surface area contributed by atoms with Crippen molar-refractivity contribution >= 4 is 47.2 Å². The van der Waals surface area contributed by atoms with E-state index in [0.29, 0.717) is 12.1 Å². The lowest BCUT2D eigenvalue weighted by Gasteiger charge is -2.22. The number of rotatable bonds is 6. The maximum atomic E-state index is 12.4. The van der Waals surface area contributed by atoms with Gasteiger partial charge in [-0.3, -0.25) is 9.79 Å². The first-order chi connectivity index (χ1) is 12.8. The molecular weight excluding hydrogens is 483 g/mol. The van der Waals surface area contributed by atoms with Crippen molar-refractivity contribution in [3.8, 4) is 0 Å². The molecule has 7 heteroatoms. The van der Waals surface area contributed by atoms with Crippen molar-refractivity contribution in [3.05, 3.63) is 57.8 Å². The lowest BCUT2D eigenvalue weighted by Crippen LogP contribution is -2.40. The summed E-state index contributed by atoms with van der Waals surface area (Å²) in [5.41, 5.74) is 1.47.